The first-order valence-corrected chi connectivity index (χ1v) is 8.73. The summed E-state index contributed by atoms with van der Waals surface area (Å²) in [5.41, 5.74) is 2.86. The Morgan fingerprint density at radius 2 is 2.05 bits per heavy atom. The minimum Gasteiger partial charge on any atom is -0.313 e. The molecule has 1 fully saturated rings. The second-order valence-electron chi connectivity index (χ2n) is 6.43. The number of rotatable bonds is 6. The first-order chi connectivity index (χ1) is 10.3. The van der Waals surface area contributed by atoms with Crippen molar-refractivity contribution in [3.05, 3.63) is 35.4 Å². The standard InChI is InChI=1S/C19H32N2/c1-4-17-11-6-5-9-14-21(17)15-13-19(20-3)18-12-8-7-10-16(18)2/h7-8,10,12,17,19-20H,4-6,9,11,13-15H2,1-3H3. The van der Waals surface area contributed by atoms with Crippen LogP contribution in [-0.4, -0.2) is 31.1 Å². The van der Waals surface area contributed by atoms with E-state index in [4.69, 9.17) is 0 Å². The number of hydrogen-bond donors (Lipinski definition) is 1. The van der Waals surface area contributed by atoms with Gasteiger partial charge in [-0.05, 0) is 57.3 Å². The molecule has 1 aliphatic rings. The van der Waals surface area contributed by atoms with Gasteiger partial charge in [-0.3, -0.25) is 0 Å². The van der Waals surface area contributed by atoms with Crippen LogP contribution in [0.2, 0.25) is 0 Å². The predicted molar refractivity (Wildman–Crippen MR) is 91.7 cm³/mol. The van der Waals surface area contributed by atoms with Crippen LogP contribution in [-0.2, 0) is 0 Å². The zero-order valence-electron chi connectivity index (χ0n) is 14.1. The van der Waals surface area contributed by atoms with Gasteiger partial charge < -0.3 is 10.2 Å². The van der Waals surface area contributed by atoms with Gasteiger partial charge in [0.2, 0.25) is 0 Å². The average Bonchev–Trinajstić information content (AvgIpc) is 2.74. The van der Waals surface area contributed by atoms with Gasteiger partial charge >= 0.3 is 0 Å². The molecule has 21 heavy (non-hydrogen) atoms. The fourth-order valence-electron chi connectivity index (χ4n) is 3.72. The van der Waals surface area contributed by atoms with Gasteiger partial charge in [-0.1, -0.05) is 44.0 Å². The summed E-state index contributed by atoms with van der Waals surface area (Å²) in [5, 5.41) is 3.52. The maximum atomic E-state index is 3.52. The lowest BCUT2D eigenvalue weighted by Gasteiger charge is -2.31. The van der Waals surface area contributed by atoms with Gasteiger partial charge in [0.25, 0.3) is 0 Å². The van der Waals surface area contributed by atoms with Crippen molar-refractivity contribution in [2.45, 2.75) is 64.5 Å². The van der Waals surface area contributed by atoms with Gasteiger partial charge in [-0.15, -0.1) is 0 Å². The van der Waals surface area contributed by atoms with Crippen LogP contribution in [0.1, 0.15) is 62.6 Å². The van der Waals surface area contributed by atoms with E-state index >= 15 is 0 Å². The number of nitrogens with one attached hydrogen (secondary N) is 1. The first kappa shape index (κ1) is 16.5. The molecule has 0 aliphatic carbocycles. The summed E-state index contributed by atoms with van der Waals surface area (Å²) >= 11 is 0. The SMILES string of the molecule is CCC1CCCCCN1CCC(NC)c1ccccc1C. The van der Waals surface area contributed by atoms with Crippen molar-refractivity contribution in [2.24, 2.45) is 0 Å². The van der Waals surface area contributed by atoms with Gasteiger partial charge in [-0.2, -0.15) is 0 Å². The Hall–Kier alpha value is -0.860. The van der Waals surface area contributed by atoms with E-state index in [9.17, 15) is 0 Å². The maximum Gasteiger partial charge on any atom is 0.0332 e. The monoisotopic (exact) mass is 288 g/mol. The van der Waals surface area contributed by atoms with Crippen LogP contribution in [0.25, 0.3) is 0 Å². The summed E-state index contributed by atoms with van der Waals surface area (Å²) in [4.78, 5) is 2.75. The normalized spacial score (nSPS) is 22.0. The molecule has 1 aromatic rings. The highest BCUT2D eigenvalue weighted by molar-refractivity contribution is 5.28. The minimum absolute atomic E-state index is 0.479. The molecule has 0 bridgehead atoms. The highest BCUT2D eigenvalue weighted by Crippen LogP contribution is 2.24. The van der Waals surface area contributed by atoms with Crippen molar-refractivity contribution in [1.29, 1.82) is 0 Å². The lowest BCUT2D eigenvalue weighted by atomic mass is 9.98. The number of hydrogen-bond acceptors (Lipinski definition) is 2. The molecule has 0 amide bonds. The first-order valence-electron chi connectivity index (χ1n) is 8.73. The summed E-state index contributed by atoms with van der Waals surface area (Å²) in [5.74, 6) is 0. The molecule has 0 radical (unpaired) electrons. The molecule has 1 N–H and O–H groups in total. The molecule has 2 atom stereocenters. The molecular weight excluding hydrogens is 256 g/mol. The number of likely N-dealkylation sites (tertiary alicyclic amines) is 1. The fourth-order valence-corrected chi connectivity index (χ4v) is 3.72. The van der Waals surface area contributed by atoms with Crippen molar-refractivity contribution < 1.29 is 0 Å². The third kappa shape index (κ3) is 4.55. The zero-order valence-corrected chi connectivity index (χ0v) is 14.1. The van der Waals surface area contributed by atoms with Gasteiger partial charge in [-0.25, -0.2) is 0 Å². The Balaban J connectivity index is 1.97. The summed E-state index contributed by atoms with van der Waals surface area (Å²) in [6.07, 6.45) is 8.12. The van der Waals surface area contributed by atoms with E-state index in [0.717, 1.165) is 6.04 Å². The largest absolute Gasteiger partial charge is 0.313 e. The summed E-state index contributed by atoms with van der Waals surface area (Å²) in [7, 11) is 2.09. The van der Waals surface area contributed by atoms with Crippen molar-refractivity contribution in [2.75, 3.05) is 20.1 Å². The smallest absolute Gasteiger partial charge is 0.0332 e. The van der Waals surface area contributed by atoms with Crippen LogP contribution >= 0.6 is 0 Å². The lowest BCUT2D eigenvalue weighted by Crippen LogP contribution is -2.36. The van der Waals surface area contributed by atoms with Crippen LogP contribution in [0.15, 0.2) is 24.3 Å². The number of benzene rings is 1. The van der Waals surface area contributed by atoms with Crippen molar-refractivity contribution >= 4 is 0 Å². The Labute approximate surface area is 130 Å². The highest BCUT2D eigenvalue weighted by atomic mass is 15.2. The molecule has 1 aliphatic heterocycles. The molecule has 0 aromatic heterocycles. The van der Waals surface area contributed by atoms with E-state index < -0.39 is 0 Å². The second kappa shape index (κ2) is 8.55. The maximum absolute atomic E-state index is 3.52. The lowest BCUT2D eigenvalue weighted by molar-refractivity contribution is 0.185. The van der Waals surface area contributed by atoms with Gasteiger partial charge in [0.15, 0.2) is 0 Å². The summed E-state index contributed by atoms with van der Waals surface area (Å²) in [6, 6.07) is 10.1. The van der Waals surface area contributed by atoms with E-state index in [1.54, 1.807) is 0 Å². The molecule has 1 aromatic carbocycles. The van der Waals surface area contributed by atoms with E-state index in [-0.39, 0.29) is 0 Å². The number of nitrogens with zero attached hydrogens (tertiary/aromatic N) is 1. The van der Waals surface area contributed by atoms with Gasteiger partial charge in [0, 0.05) is 18.6 Å². The van der Waals surface area contributed by atoms with Crippen LogP contribution < -0.4 is 5.32 Å². The predicted octanol–water partition coefficient (Wildman–Crippen LogP) is 4.30. The molecule has 2 rings (SSSR count). The van der Waals surface area contributed by atoms with Crippen molar-refractivity contribution in [3.63, 3.8) is 0 Å². The van der Waals surface area contributed by atoms with Crippen LogP contribution in [0.3, 0.4) is 0 Å². The van der Waals surface area contributed by atoms with E-state index in [1.165, 1.54) is 62.7 Å². The molecular formula is C19H32N2. The molecule has 2 heteroatoms. The van der Waals surface area contributed by atoms with E-state index in [0.29, 0.717) is 6.04 Å². The summed E-state index contributed by atoms with van der Waals surface area (Å²) < 4.78 is 0. The third-order valence-corrected chi connectivity index (χ3v) is 5.09. The van der Waals surface area contributed by atoms with Crippen molar-refractivity contribution in [3.8, 4) is 0 Å². The van der Waals surface area contributed by atoms with Gasteiger partial charge in [0.1, 0.15) is 0 Å². The minimum atomic E-state index is 0.479. The Bertz CT molecular complexity index is 416. The number of aryl methyl sites for hydroxylation is 1. The zero-order chi connectivity index (χ0) is 15.1. The van der Waals surface area contributed by atoms with Crippen molar-refractivity contribution in [1.82, 2.24) is 10.2 Å². The Kier molecular flexibility index (Phi) is 6.72. The molecule has 2 unspecified atom stereocenters. The van der Waals surface area contributed by atoms with Gasteiger partial charge in [0.05, 0.1) is 0 Å². The van der Waals surface area contributed by atoms with Crippen LogP contribution in [0.4, 0.5) is 0 Å². The second-order valence-corrected chi connectivity index (χ2v) is 6.43. The Morgan fingerprint density at radius 1 is 1.24 bits per heavy atom. The van der Waals surface area contributed by atoms with Crippen LogP contribution in [0.5, 0.6) is 0 Å². The molecule has 1 saturated heterocycles. The molecule has 118 valence electrons. The quantitative estimate of drug-likeness (QED) is 0.839. The average molecular weight is 288 g/mol. The highest BCUT2D eigenvalue weighted by Gasteiger charge is 2.20. The summed E-state index contributed by atoms with van der Waals surface area (Å²) in [6.45, 7) is 7.08. The topological polar surface area (TPSA) is 15.3 Å². The molecule has 0 spiro atoms. The fraction of sp³-hybridized carbons (Fsp3) is 0.684. The molecule has 0 saturated carbocycles. The van der Waals surface area contributed by atoms with Crippen LogP contribution in [0, 0.1) is 6.92 Å². The third-order valence-electron chi connectivity index (χ3n) is 5.09. The van der Waals surface area contributed by atoms with E-state index in [1.807, 2.05) is 0 Å². The molecule has 2 nitrogen and oxygen atoms in total. The Morgan fingerprint density at radius 3 is 2.76 bits per heavy atom. The molecule has 1 heterocycles. The van der Waals surface area contributed by atoms with E-state index in [2.05, 4.69) is 55.4 Å².